The Labute approximate surface area is 234 Å². The second kappa shape index (κ2) is 12.1. The zero-order valence-electron chi connectivity index (χ0n) is 22.8. The van der Waals surface area contributed by atoms with E-state index in [1.807, 2.05) is 59.2 Å². The van der Waals surface area contributed by atoms with Gasteiger partial charge in [0.25, 0.3) is 5.91 Å². The van der Waals surface area contributed by atoms with Gasteiger partial charge in [0.05, 0.1) is 21.1 Å². The van der Waals surface area contributed by atoms with Gasteiger partial charge < -0.3 is 26.5 Å². The fraction of sp³-hybridized carbons (Fsp3) is 0.207. The van der Waals surface area contributed by atoms with Crippen molar-refractivity contribution in [1.29, 1.82) is 5.41 Å². The number of aromatic nitrogens is 1. The molecule has 0 saturated carbocycles. The van der Waals surface area contributed by atoms with Crippen LogP contribution in [-0.2, 0) is 17.9 Å². The molecule has 41 heavy (non-hydrogen) atoms. The Balaban J connectivity index is 0.000000587. The predicted octanol–water partition coefficient (Wildman–Crippen LogP) is 4.32. The highest BCUT2D eigenvalue weighted by molar-refractivity contribution is 5.99. The molecule has 216 valence electrons. The van der Waals surface area contributed by atoms with Gasteiger partial charge in [-0.15, -0.1) is 0 Å². The molecule has 0 atom stereocenters. The number of aliphatic carboxylic acids is 1. The van der Waals surface area contributed by atoms with Crippen LogP contribution in [0.2, 0.25) is 0 Å². The van der Waals surface area contributed by atoms with Crippen molar-refractivity contribution in [3.05, 3.63) is 95.2 Å². The van der Waals surface area contributed by atoms with E-state index in [4.69, 9.17) is 26.8 Å². The molecule has 4 rings (SSSR count). The number of hydrogen-bond donors (Lipinski definition) is 5. The maximum Gasteiger partial charge on any atom is 0.490 e. The Hall–Kier alpha value is -4.84. The molecule has 0 radical (unpaired) electrons. The smallest absolute Gasteiger partial charge is 0.475 e. The molecule has 0 unspecified atom stereocenters. The minimum atomic E-state index is -5.08. The Morgan fingerprint density at radius 2 is 1.61 bits per heavy atom. The Bertz CT molecular complexity index is 1570. The van der Waals surface area contributed by atoms with E-state index in [2.05, 4.69) is 38.6 Å². The average Bonchev–Trinajstić information content (AvgIpc) is 3.24. The van der Waals surface area contributed by atoms with Crippen LogP contribution in [0.5, 0.6) is 0 Å². The van der Waals surface area contributed by atoms with Crippen LogP contribution in [0.4, 0.5) is 24.5 Å². The van der Waals surface area contributed by atoms with Gasteiger partial charge >= 0.3 is 12.1 Å². The number of benzene rings is 3. The summed E-state index contributed by atoms with van der Waals surface area (Å²) in [6.07, 6.45) is -5.08. The lowest BCUT2D eigenvalue weighted by molar-refractivity contribution is -0.192. The maximum absolute atomic E-state index is 13.3. The molecule has 9 nitrogen and oxygen atoms in total. The number of nitrogens with two attached hydrogens (primary N) is 2. The Morgan fingerprint density at radius 1 is 0.976 bits per heavy atom. The number of nitrogen functional groups attached to an aromatic ring is 2. The molecule has 1 amide bonds. The predicted molar refractivity (Wildman–Crippen MR) is 154 cm³/mol. The van der Waals surface area contributed by atoms with Crippen molar-refractivity contribution in [3.8, 4) is 0 Å². The van der Waals surface area contributed by atoms with Crippen LogP contribution < -0.4 is 21.3 Å². The fourth-order valence-corrected chi connectivity index (χ4v) is 4.00. The third-order valence-corrected chi connectivity index (χ3v) is 6.14. The number of carbonyl (C=O) groups is 2. The molecule has 12 heteroatoms. The van der Waals surface area contributed by atoms with E-state index in [0.717, 1.165) is 26.5 Å². The summed E-state index contributed by atoms with van der Waals surface area (Å²) < 4.78 is 34.4. The number of carbonyl (C=O) groups excluding carboxylic acids is 1. The van der Waals surface area contributed by atoms with Crippen LogP contribution in [0.15, 0.2) is 72.8 Å². The first-order chi connectivity index (χ1) is 19.1. The number of carboxylic acids is 1. The minimum absolute atomic E-state index is 0.0150. The summed E-state index contributed by atoms with van der Waals surface area (Å²) >= 11 is 0. The van der Waals surface area contributed by atoms with E-state index < -0.39 is 12.1 Å². The minimum Gasteiger partial charge on any atom is -0.475 e. The number of amides is 1. The summed E-state index contributed by atoms with van der Waals surface area (Å²) in [5.74, 6) is -2.90. The van der Waals surface area contributed by atoms with Crippen LogP contribution in [0.25, 0.3) is 10.9 Å². The molecule has 1 heterocycles. The van der Waals surface area contributed by atoms with Gasteiger partial charge in [0, 0.05) is 35.2 Å². The summed E-state index contributed by atoms with van der Waals surface area (Å²) in [5, 5.41) is 18.8. The second-order valence-electron chi connectivity index (χ2n) is 10.2. The fourth-order valence-electron chi connectivity index (χ4n) is 4.00. The largest absolute Gasteiger partial charge is 0.490 e. The number of halogens is 3. The summed E-state index contributed by atoms with van der Waals surface area (Å²) in [6.45, 7) is 0.898. The molecule has 1 aromatic heterocycles. The first-order valence-electron chi connectivity index (χ1n) is 12.4. The number of nitrogens with zero attached hydrogens (tertiary/aromatic N) is 2. The maximum atomic E-state index is 13.3. The van der Waals surface area contributed by atoms with Crippen molar-refractivity contribution in [2.45, 2.75) is 19.3 Å². The number of carboxylic acid groups (broad SMARTS) is 1. The molecular weight excluding hydrogens is 537 g/mol. The van der Waals surface area contributed by atoms with E-state index in [1.54, 1.807) is 6.07 Å². The number of amidine groups is 1. The zero-order chi connectivity index (χ0) is 30.5. The van der Waals surface area contributed by atoms with Gasteiger partial charge in [-0.3, -0.25) is 14.7 Å². The molecule has 4 aromatic rings. The first kappa shape index (κ1) is 30.7. The monoisotopic (exact) mass is 569 g/mol. The summed E-state index contributed by atoms with van der Waals surface area (Å²) in [4.78, 5) is 22.2. The van der Waals surface area contributed by atoms with Crippen molar-refractivity contribution < 1.29 is 27.9 Å². The standard InChI is InChI=1S/C27H30N6O.C2HF3O2/c1-33(2,3)23-10-7-18(8-11-23)16-31-27(34)25-15-21-14-22(28)9-12-24(21)32(25)17-19-5-4-6-20(13-19)26(29)30;3-2(4,5)1(6)7/h4-15H,16-17,28H2,1-3H3,(H3-,29,30,31,34);(H,6,7)/p+1. The van der Waals surface area contributed by atoms with Crippen molar-refractivity contribution in [2.75, 3.05) is 26.9 Å². The van der Waals surface area contributed by atoms with E-state index in [1.165, 1.54) is 5.69 Å². The van der Waals surface area contributed by atoms with Crippen molar-refractivity contribution in [3.63, 3.8) is 0 Å². The lowest BCUT2D eigenvalue weighted by Crippen LogP contribution is -2.34. The molecule has 7 N–H and O–H groups in total. The first-order valence-corrected chi connectivity index (χ1v) is 12.4. The number of rotatable bonds is 7. The van der Waals surface area contributed by atoms with Gasteiger partial charge in [-0.05, 0) is 53.6 Å². The molecular formula is C29H32F3N6O3+. The quantitative estimate of drug-likeness (QED) is 0.0974. The number of quaternary nitrogens is 1. The Kier molecular flexibility index (Phi) is 9.08. The summed E-state index contributed by atoms with van der Waals surface area (Å²) in [7, 11) is 6.36. The van der Waals surface area contributed by atoms with E-state index >= 15 is 0 Å². The summed E-state index contributed by atoms with van der Waals surface area (Å²) in [5.41, 5.74) is 17.6. The van der Waals surface area contributed by atoms with Crippen LogP contribution >= 0.6 is 0 Å². The molecule has 0 aliphatic rings. The lowest BCUT2D eigenvalue weighted by Gasteiger charge is -2.23. The third kappa shape index (κ3) is 8.08. The molecule has 0 saturated heterocycles. The van der Waals surface area contributed by atoms with Gasteiger partial charge in [0.15, 0.2) is 0 Å². The highest BCUT2D eigenvalue weighted by atomic mass is 19.4. The van der Waals surface area contributed by atoms with Crippen molar-refractivity contribution >= 4 is 40.0 Å². The number of alkyl halides is 3. The highest BCUT2D eigenvalue weighted by Crippen LogP contribution is 2.24. The van der Waals surface area contributed by atoms with Crippen molar-refractivity contribution in [1.82, 2.24) is 14.4 Å². The van der Waals surface area contributed by atoms with Gasteiger partial charge in [0.1, 0.15) is 17.2 Å². The van der Waals surface area contributed by atoms with E-state index in [-0.39, 0.29) is 11.7 Å². The number of anilines is 1. The molecule has 0 bridgehead atoms. The van der Waals surface area contributed by atoms with Gasteiger partial charge in [-0.25, -0.2) is 4.79 Å². The SMILES string of the molecule is C[N+](C)(C)c1ccc(CNC(=O)c2cc3cc(N)ccc3n2Cc2cccc(C(=N)N)c2)cc1.O=C(O)C(F)(F)F. The average molecular weight is 570 g/mol. The van der Waals surface area contributed by atoms with Crippen LogP contribution in [0.1, 0.15) is 27.2 Å². The zero-order valence-corrected chi connectivity index (χ0v) is 22.8. The normalized spacial score (nSPS) is 11.5. The Morgan fingerprint density at radius 3 is 2.17 bits per heavy atom. The van der Waals surface area contributed by atoms with Crippen molar-refractivity contribution in [2.24, 2.45) is 5.73 Å². The number of fused-ring (bicyclic) bond motifs is 1. The van der Waals surface area contributed by atoms with Gasteiger partial charge in [-0.2, -0.15) is 13.2 Å². The topological polar surface area (TPSA) is 147 Å². The summed E-state index contributed by atoms with van der Waals surface area (Å²) in [6, 6.07) is 23.3. The molecule has 0 spiro atoms. The second-order valence-corrected chi connectivity index (χ2v) is 10.2. The third-order valence-electron chi connectivity index (χ3n) is 6.14. The number of hydrogen-bond acceptors (Lipinski definition) is 4. The van der Waals surface area contributed by atoms with Gasteiger partial charge in [0.2, 0.25) is 0 Å². The molecule has 0 fully saturated rings. The number of nitrogens with one attached hydrogen (secondary N) is 2. The lowest BCUT2D eigenvalue weighted by atomic mass is 10.1. The highest BCUT2D eigenvalue weighted by Gasteiger charge is 2.38. The van der Waals surface area contributed by atoms with Crippen LogP contribution in [0, 0.1) is 5.41 Å². The van der Waals surface area contributed by atoms with E-state index in [0.29, 0.717) is 30.0 Å². The van der Waals surface area contributed by atoms with Crippen LogP contribution in [0.3, 0.4) is 0 Å². The van der Waals surface area contributed by atoms with Crippen LogP contribution in [-0.4, -0.2) is 54.7 Å². The molecule has 3 aromatic carbocycles. The molecule has 0 aliphatic heterocycles. The van der Waals surface area contributed by atoms with E-state index in [9.17, 15) is 18.0 Å². The van der Waals surface area contributed by atoms with Gasteiger partial charge in [-0.1, -0.05) is 30.3 Å². The molecule has 0 aliphatic carbocycles.